The van der Waals surface area contributed by atoms with Gasteiger partial charge in [0.05, 0.1) is 5.75 Å². The van der Waals surface area contributed by atoms with E-state index in [4.69, 9.17) is 0 Å². The number of rotatable bonds is 4. The lowest BCUT2D eigenvalue weighted by molar-refractivity contribution is -0.115. The largest absolute Gasteiger partial charge is 0.322 e. The number of amides is 2. The van der Waals surface area contributed by atoms with Gasteiger partial charge in [-0.15, -0.1) is 11.8 Å². The number of thioether (sulfide) groups is 1. The van der Waals surface area contributed by atoms with Gasteiger partial charge >= 0.3 is 0 Å². The van der Waals surface area contributed by atoms with Crippen LogP contribution in [0.1, 0.15) is 21.3 Å². The molecule has 0 spiro atoms. The molecule has 4 nitrogen and oxygen atoms in total. The van der Waals surface area contributed by atoms with Gasteiger partial charge in [0, 0.05) is 16.9 Å². The molecule has 0 unspecified atom stereocenters. The quantitative estimate of drug-likeness (QED) is 0.421. The van der Waals surface area contributed by atoms with Crippen LogP contribution in [0.5, 0.6) is 0 Å². The number of nitrogens with zero attached hydrogens (tertiary/aromatic N) is 1. The van der Waals surface area contributed by atoms with Crippen molar-refractivity contribution in [2.75, 3.05) is 16.0 Å². The SMILES string of the molecule is O=C(Nc1ccc([C@H]2SCC(=O)N2c2cccc(F)c2)cc1)c1cccc2ccccc12. The van der Waals surface area contributed by atoms with Crippen LogP contribution in [0, 0.1) is 5.82 Å². The molecule has 0 saturated carbocycles. The molecular formula is C26H19FN2O2S. The number of anilines is 2. The van der Waals surface area contributed by atoms with E-state index in [0.717, 1.165) is 16.3 Å². The van der Waals surface area contributed by atoms with Gasteiger partial charge in [-0.25, -0.2) is 4.39 Å². The molecule has 5 rings (SSSR count). The Labute approximate surface area is 189 Å². The fraction of sp³-hybridized carbons (Fsp3) is 0.0769. The zero-order valence-corrected chi connectivity index (χ0v) is 17.8. The first-order valence-electron chi connectivity index (χ1n) is 10.2. The molecule has 0 bridgehead atoms. The molecule has 4 aromatic rings. The Bertz CT molecular complexity index is 1320. The number of hydrogen-bond acceptors (Lipinski definition) is 3. The molecule has 1 fully saturated rings. The second kappa shape index (κ2) is 8.48. The molecule has 1 atom stereocenters. The van der Waals surface area contributed by atoms with E-state index in [1.807, 2.05) is 66.7 Å². The first-order chi connectivity index (χ1) is 15.6. The van der Waals surface area contributed by atoms with Crippen LogP contribution in [0.2, 0.25) is 0 Å². The third kappa shape index (κ3) is 3.85. The fourth-order valence-corrected chi connectivity index (χ4v) is 5.11. The van der Waals surface area contributed by atoms with Crippen molar-refractivity contribution >= 4 is 45.7 Å². The lowest BCUT2D eigenvalue weighted by Crippen LogP contribution is -2.27. The van der Waals surface area contributed by atoms with Crippen molar-refractivity contribution < 1.29 is 14.0 Å². The topological polar surface area (TPSA) is 49.4 Å². The standard InChI is InChI=1S/C26H19FN2O2S/c27-19-7-4-8-21(15-19)29-24(30)16-32-26(29)18-11-13-20(14-12-18)28-25(31)23-10-3-6-17-5-1-2-9-22(17)23/h1-15,26H,16H2,(H,28,31)/t26-/m1/s1. The van der Waals surface area contributed by atoms with E-state index in [1.54, 1.807) is 17.0 Å². The van der Waals surface area contributed by atoms with E-state index in [-0.39, 0.29) is 23.0 Å². The summed E-state index contributed by atoms with van der Waals surface area (Å²) in [4.78, 5) is 27.0. The Kier molecular flexibility index (Phi) is 5.37. The second-order valence-electron chi connectivity index (χ2n) is 7.51. The lowest BCUT2D eigenvalue weighted by Gasteiger charge is -2.24. The van der Waals surface area contributed by atoms with Gasteiger partial charge in [0.15, 0.2) is 0 Å². The van der Waals surface area contributed by atoms with Crippen molar-refractivity contribution in [1.29, 1.82) is 0 Å². The Morgan fingerprint density at radius 2 is 1.69 bits per heavy atom. The molecule has 1 heterocycles. The summed E-state index contributed by atoms with van der Waals surface area (Å²) in [6.07, 6.45) is 0. The minimum atomic E-state index is -0.377. The summed E-state index contributed by atoms with van der Waals surface area (Å²) in [6, 6.07) is 26.9. The predicted octanol–water partition coefficient (Wildman–Crippen LogP) is 6.01. The molecular weight excluding hydrogens is 423 g/mol. The van der Waals surface area contributed by atoms with E-state index >= 15 is 0 Å². The zero-order valence-electron chi connectivity index (χ0n) is 17.0. The Morgan fingerprint density at radius 1 is 0.938 bits per heavy atom. The van der Waals surface area contributed by atoms with E-state index in [1.165, 1.54) is 23.9 Å². The molecule has 1 aliphatic heterocycles. The third-order valence-corrected chi connectivity index (χ3v) is 6.65. The zero-order chi connectivity index (χ0) is 22.1. The second-order valence-corrected chi connectivity index (χ2v) is 8.58. The smallest absolute Gasteiger partial charge is 0.256 e. The number of carbonyl (C=O) groups is 2. The number of nitrogens with one attached hydrogen (secondary N) is 1. The van der Waals surface area contributed by atoms with Gasteiger partial charge in [0.1, 0.15) is 11.2 Å². The van der Waals surface area contributed by atoms with Gasteiger partial charge in [0.2, 0.25) is 5.91 Å². The average molecular weight is 443 g/mol. The van der Waals surface area contributed by atoms with Crippen LogP contribution >= 0.6 is 11.8 Å². The highest BCUT2D eigenvalue weighted by Crippen LogP contribution is 2.42. The summed E-state index contributed by atoms with van der Waals surface area (Å²) in [6.45, 7) is 0. The summed E-state index contributed by atoms with van der Waals surface area (Å²) in [5.74, 6) is -0.279. The summed E-state index contributed by atoms with van der Waals surface area (Å²) >= 11 is 1.50. The molecule has 1 aliphatic rings. The molecule has 32 heavy (non-hydrogen) atoms. The van der Waals surface area contributed by atoms with Crippen LogP contribution in [0.3, 0.4) is 0 Å². The van der Waals surface area contributed by atoms with Crippen molar-refractivity contribution in [2.24, 2.45) is 0 Å². The molecule has 158 valence electrons. The summed E-state index contributed by atoms with van der Waals surface area (Å²) in [5.41, 5.74) is 2.73. The molecule has 2 amide bonds. The lowest BCUT2D eigenvalue weighted by atomic mass is 10.0. The van der Waals surface area contributed by atoms with Crippen molar-refractivity contribution in [3.05, 3.63) is 108 Å². The Morgan fingerprint density at radius 3 is 2.50 bits per heavy atom. The molecule has 0 aromatic heterocycles. The Hall–Kier alpha value is -3.64. The maximum atomic E-state index is 13.7. The van der Waals surface area contributed by atoms with Gasteiger partial charge in [-0.05, 0) is 52.7 Å². The fourth-order valence-electron chi connectivity index (χ4n) is 3.93. The highest BCUT2D eigenvalue weighted by molar-refractivity contribution is 8.00. The van der Waals surface area contributed by atoms with E-state index < -0.39 is 0 Å². The van der Waals surface area contributed by atoms with Gasteiger partial charge < -0.3 is 5.32 Å². The van der Waals surface area contributed by atoms with E-state index in [2.05, 4.69) is 5.32 Å². The maximum Gasteiger partial charge on any atom is 0.256 e. The number of benzene rings is 4. The van der Waals surface area contributed by atoms with Crippen LogP contribution in [0.25, 0.3) is 10.8 Å². The first-order valence-corrected chi connectivity index (χ1v) is 11.2. The maximum absolute atomic E-state index is 13.7. The number of hydrogen-bond donors (Lipinski definition) is 1. The van der Waals surface area contributed by atoms with Crippen LogP contribution in [0.15, 0.2) is 91.0 Å². The summed E-state index contributed by atoms with van der Waals surface area (Å²) in [7, 11) is 0. The average Bonchev–Trinajstić information content (AvgIpc) is 3.20. The minimum absolute atomic E-state index is 0.0565. The minimum Gasteiger partial charge on any atom is -0.322 e. The van der Waals surface area contributed by atoms with Crippen molar-refractivity contribution in [3.8, 4) is 0 Å². The van der Waals surface area contributed by atoms with Crippen molar-refractivity contribution in [2.45, 2.75) is 5.37 Å². The third-order valence-electron chi connectivity index (χ3n) is 5.44. The van der Waals surface area contributed by atoms with Crippen LogP contribution < -0.4 is 10.2 Å². The molecule has 1 N–H and O–H groups in total. The first kappa shape index (κ1) is 20.3. The van der Waals surface area contributed by atoms with Gasteiger partial charge in [0.25, 0.3) is 5.91 Å². The molecule has 1 saturated heterocycles. The number of fused-ring (bicyclic) bond motifs is 1. The van der Waals surface area contributed by atoms with Crippen molar-refractivity contribution in [1.82, 2.24) is 0 Å². The monoisotopic (exact) mass is 442 g/mol. The molecule has 6 heteroatoms. The predicted molar refractivity (Wildman–Crippen MR) is 127 cm³/mol. The van der Waals surface area contributed by atoms with Gasteiger partial charge in [-0.2, -0.15) is 0 Å². The van der Waals surface area contributed by atoms with Crippen LogP contribution in [-0.2, 0) is 4.79 Å². The highest BCUT2D eigenvalue weighted by Gasteiger charge is 2.34. The Balaban J connectivity index is 1.37. The van der Waals surface area contributed by atoms with Crippen molar-refractivity contribution in [3.63, 3.8) is 0 Å². The normalized spacial score (nSPS) is 15.8. The molecule has 0 aliphatic carbocycles. The summed E-state index contributed by atoms with van der Waals surface area (Å²) < 4.78 is 13.7. The number of carbonyl (C=O) groups excluding carboxylic acids is 2. The highest BCUT2D eigenvalue weighted by atomic mass is 32.2. The van der Waals surface area contributed by atoms with Crippen LogP contribution in [0.4, 0.5) is 15.8 Å². The number of halogens is 1. The van der Waals surface area contributed by atoms with Gasteiger partial charge in [-0.1, -0.05) is 54.6 Å². The molecule has 0 radical (unpaired) electrons. The summed E-state index contributed by atoms with van der Waals surface area (Å²) in [5, 5.41) is 4.62. The van der Waals surface area contributed by atoms with Crippen LogP contribution in [-0.4, -0.2) is 17.6 Å². The molecule has 4 aromatic carbocycles. The van der Waals surface area contributed by atoms with Gasteiger partial charge in [-0.3, -0.25) is 14.5 Å². The van der Waals surface area contributed by atoms with E-state index in [9.17, 15) is 14.0 Å². The van der Waals surface area contributed by atoms with E-state index in [0.29, 0.717) is 22.7 Å².